The molecule has 0 fully saturated rings. The van der Waals surface area contributed by atoms with E-state index in [1.165, 1.54) is 14.2 Å². The predicted octanol–water partition coefficient (Wildman–Crippen LogP) is 2.83. The van der Waals surface area contributed by atoms with E-state index in [2.05, 4.69) is 5.32 Å². The number of nitrogens with one attached hydrogen (secondary N) is 1. The molecule has 0 unspecified atom stereocenters. The Balaban J connectivity index is 1.80. The van der Waals surface area contributed by atoms with Gasteiger partial charge in [0.15, 0.2) is 18.1 Å². The summed E-state index contributed by atoms with van der Waals surface area (Å²) in [7, 11) is 4.61. The monoisotopic (exact) mass is 373 g/mol. The number of ether oxygens (including phenoxy) is 4. The van der Waals surface area contributed by atoms with Crippen LogP contribution in [0.3, 0.4) is 0 Å². The maximum Gasteiger partial charge on any atom is 0.306 e. The smallest absolute Gasteiger partial charge is 0.306 e. The molecule has 1 N–H and O–H groups in total. The average Bonchev–Trinajstić information content (AvgIpc) is 2.70. The predicted molar refractivity (Wildman–Crippen MR) is 100 cm³/mol. The molecule has 0 aliphatic heterocycles. The van der Waals surface area contributed by atoms with Crippen molar-refractivity contribution in [3.63, 3.8) is 0 Å². The van der Waals surface area contributed by atoms with Crippen molar-refractivity contribution in [2.75, 3.05) is 33.3 Å². The molecule has 0 heterocycles. The molecule has 0 radical (unpaired) electrons. The van der Waals surface area contributed by atoms with Gasteiger partial charge in [0.2, 0.25) is 0 Å². The second-order valence-electron chi connectivity index (χ2n) is 5.59. The molecule has 0 saturated heterocycles. The van der Waals surface area contributed by atoms with Crippen LogP contribution in [0.1, 0.15) is 12.0 Å². The van der Waals surface area contributed by atoms with E-state index >= 15 is 0 Å². The van der Waals surface area contributed by atoms with Crippen LogP contribution < -0.4 is 19.5 Å². The summed E-state index contributed by atoms with van der Waals surface area (Å²) < 4.78 is 20.6. The molecule has 7 nitrogen and oxygen atoms in total. The van der Waals surface area contributed by atoms with Gasteiger partial charge in [0, 0.05) is 18.2 Å². The molecule has 2 aromatic carbocycles. The van der Waals surface area contributed by atoms with Crippen molar-refractivity contribution in [2.24, 2.45) is 0 Å². The highest BCUT2D eigenvalue weighted by Crippen LogP contribution is 2.29. The summed E-state index contributed by atoms with van der Waals surface area (Å²) in [6.45, 7) is -0.362. The Hall–Kier alpha value is -3.22. The molecule has 7 heteroatoms. The van der Waals surface area contributed by atoms with E-state index in [-0.39, 0.29) is 13.0 Å². The number of rotatable bonds is 9. The highest BCUT2D eigenvalue weighted by molar-refractivity contribution is 5.93. The maximum atomic E-state index is 12.0. The zero-order valence-corrected chi connectivity index (χ0v) is 15.6. The number of carbonyl (C=O) groups is 2. The van der Waals surface area contributed by atoms with E-state index < -0.39 is 11.9 Å². The maximum absolute atomic E-state index is 12.0. The van der Waals surface area contributed by atoms with Crippen LogP contribution in [0, 0.1) is 0 Å². The first-order valence-corrected chi connectivity index (χ1v) is 8.36. The molecule has 0 aromatic heterocycles. The van der Waals surface area contributed by atoms with Crippen molar-refractivity contribution in [2.45, 2.75) is 12.8 Å². The van der Waals surface area contributed by atoms with Crippen LogP contribution in [0.5, 0.6) is 17.2 Å². The van der Waals surface area contributed by atoms with Gasteiger partial charge in [-0.3, -0.25) is 9.59 Å². The first-order chi connectivity index (χ1) is 13.1. The first-order valence-electron chi connectivity index (χ1n) is 8.36. The zero-order chi connectivity index (χ0) is 19.6. The molecule has 0 saturated carbocycles. The molecule has 0 atom stereocenters. The molecule has 0 bridgehead atoms. The number of aryl methyl sites for hydroxylation is 1. The van der Waals surface area contributed by atoms with Gasteiger partial charge >= 0.3 is 5.97 Å². The number of anilines is 1. The molecule has 0 spiro atoms. The Morgan fingerprint density at radius 1 is 0.889 bits per heavy atom. The van der Waals surface area contributed by atoms with Crippen LogP contribution in [0.2, 0.25) is 0 Å². The van der Waals surface area contributed by atoms with Crippen LogP contribution in [0.4, 0.5) is 5.69 Å². The van der Waals surface area contributed by atoms with Crippen molar-refractivity contribution >= 4 is 17.6 Å². The summed E-state index contributed by atoms with van der Waals surface area (Å²) in [6.07, 6.45) is 0.629. The van der Waals surface area contributed by atoms with Gasteiger partial charge in [-0.25, -0.2) is 0 Å². The third-order valence-corrected chi connectivity index (χ3v) is 3.82. The van der Waals surface area contributed by atoms with Gasteiger partial charge in [-0.15, -0.1) is 0 Å². The van der Waals surface area contributed by atoms with Gasteiger partial charge in [0.25, 0.3) is 5.91 Å². The largest absolute Gasteiger partial charge is 0.496 e. The van der Waals surface area contributed by atoms with Gasteiger partial charge in [-0.1, -0.05) is 18.2 Å². The number of para-hydroxylation sites is 1. The third-order valence-electron chi connectivity index (χ3n) is 3.82. The van der Waals surface area contributed by atoms with Gasteiger partial charge < -0.3 is 24.3 Å². The van der Waals surface area contributed by atoms with Gasteiger partial charge in [-0.2, -0.15) is 0 Å². The minimum Gasteiger partial charge on any atom is -0.496 e. The van der Waals surface area contributed by atoms with Crippen LogP contribution >= 0.6 is 0 Å². The second kappa shape index (κ2) is 10.1. The summed E-state index contributed by atoms with van der Waals surface area (Å²) in [6, 6.07) is 12.4. The number of methoxy groups -OCH3 is 3. The molecule has 2 rings (SSSR count). The molecular formula is C20H23NO6. The molecule has 2 aromatic rings. The zero-order valence-electron chi connectivity index (χ0n) is 15.6. The van der Waals surface area contributed by atoms with Crippen LogP contribution in [-0.4, -0.2) is 39.8 Å². The fourth-order valence-electron chi connectivity index (χ4n) is 2.48. The summed E-state index contributed by atoms with van der Waals surface area (Å²) in [5, 5.41) is 2.64. The quantitative estimate of drug-likeness (QED) is 0.681. The van der Waals surface area contributed by atoms with Gasteiger partial charge in [0.05, 0.1) is 21.3 Å². The van der Waals surface area contributed by atoms with Crippen molar-refractivity contribution in [3.05, 3.63) is 48.0 Å². The van der Waals surface area contributed by atoms with Crippen molar-refractivity contribution in [3.8, 4) is 17.2 Å². The number of hydrogen-bond donors (Lipinski definition) is 1. The van der Waals surface area contributed by atoms with Crippen LogP contribution in [0.15, 0.2) is 42.5 Å². The van der Waals surface area contributed by atoms with Gasteiger partial charge in [0.1, 0.15) is 5.75 Å². The fourth-order valence-corrected chi connectivity index (χ4v) is 2.48. The topological polar surface area (TPSA) is 83.1 Å². The minimum atomic E-state index is -0.455. The van der Waals surface area contributed by atoms with E-state index in [1.807, 2.05) is 24.3 Å². The Morgan fingerprint density at radius 3 is 2.30 bits per heavy atom. The summed E-state index contributed by atoms with van der Waals surface area (Å²) in [5.74, 6) is 0.870. The molecule has 144 valence electrons. The van der Waals surface area contributed by atoms with E-state index in [0.29, 0.717) is 23.6 Å². The lowest BCUT2D eigenvalue weighted by Gasteiger charge is -2.11. The van der Waals surface area contributed by atoms with Crippen LogP contribution in [0.25, 0.3) is 0 Å². The Labute approximate surface area is 158 Å². The number of amides is 1. The second-order valence-corrected chi connectivity index (χ2v) is 5.59. The van der Waals surface area contributed by atoms with Gasteiger partial charge in [-0.05, 0) is 30.2 Å². The van der Waals surface area contributed by atoms with Crippen molar-refractivity contribution in [1.29, 1.82) is 0 Å². The van der Waals surface area contributed by atoms with Crippen molar-refractivity contribution < 1.29 is 28.5 Å². The summed E-state index contributed by atoms with van der Waals surface area (Å²) in [5.41, 5.74) is 1.43. The number of hydrogen-bond acceptors (Lipinski definition) is 6. The van der Waals surface area contributed by atoms with E-state index in [0.717, 1.165) is 11.3 Å². The summed E-state index contributed by atoms with van der Waals surface area (Å²) in [4.78, 5) is 23.8. The lowest BCUT2D eigenvalue weighted by Crippen LogP contribution is -2.21. The minimum absolute atomic E-state index is 0.157. The molecule has 1 amide bonds. The Bertz CT molecular complexity index is 790. The SMILES string of the molecule is COc1ccccc1CCC(=O)OCC(=O)Nc1ccc(OC)c(OC)c1. The highest BCUT2D eigenvalue weighted by atomic mass is 16.5. The Kier molecular flexibility index (Phi) is 7.49. The highest BCUT2D eigenvalue weighted by Gasteiger charge is 2.11. The summed E-state index contributed by atoms with van der Waals surface area (Å²) >= 11 is 0. The van der Waals surface area contributed by atoms with Crippen LogP contribution in [-0.2, 0) is 20.7 Å². The van der Waals surface area contributed by atoms with E-state index in [4.69, 9.17) is 18.9 Å². The third kappa shape index (κ3) is 5.91. The standard InChI is InChI=1S/C20H23NO6/c1-24-16-7-5-4-6-14(16)8-11-20(23)27-13-19(22)21-15-9-10-17(25-2)18(12-15)26-3/h4-7,9-10,12H,8,11,13H2,1-3H3,(H,21,22). The number of esters is 1. The molecular weight excluding hydrogens is 350 g/mol. The average molecular weight is 373 g/mol. The molecule has 27 heavy (non-hydrogen) atoms. The lowest BCUT2D eigenvalue weighted by molar-refractivity contribution is -0.147. The lowest BCUT2D eigenvalue weighted by atomic mass is 10.1. The van der Waals surface area contributed by atoms with E-state index in [9.17, 15) is 9.59 Å². The van der Waals surface area contributed by atoms with E-state index in [1.54, 1.807) is 25.3 Å². The van der Waals surface area contributed by atoms with Crippen molar-refractivity contribution in [1.82, 2.24) is 0 Å². The first kappa shape index (κ1) is 20.1. The number of carbonyl (C=O) groups excluding carboxylic acids is 2. The number of benzene rings is 2. The molecule has 0 aliphatic rings. The molecule has 0 aliphatic carbocycles. The normalized spacial score (nSPS) is 10.0. The Morgan fingerprint density at radius 2 is 1.59 bits per heavy atom. The fraction of sp³-hybridized carbons (Fsp3) is 0.300.